The molecule has 0 saturated heterocycles. The summed E-state index contributed by atoms with van der Waals surface area (Å²) in [5, 5.41) is 12.2. The third-order valence-electron chi connectivity index (χ3n) is 5.27. The predicted molar refractivity (Wildman–Crippen MR) is 129 cm³/mol. The highest BCUT2D eigenvalue weighted by molar-refractivity contribution is 6.13. The smallest absolute Gasteiger partial charge is 0.135 e. The molecule has 0 atom stereocenters. The van der Waals surface area contributed by atoms with Crippen LogP contribution in [0.15, 0.2) is 72.9 Å². The SMILES string of the molecule is CCCCCCCCNc1ncccc1C(=N)c1cccc(OCc2ccccc2)c1. The second-order valence-electron chi connectivity index (χ2n) is 7.77. The lowest BCUT2D eigenvalue weighted by Crippen LogP contribution is -2.11. The maximum absolute atomic E-state index is 8.76. The molecule has 0 spiro atoms. The summed E-state index contributed by atoms with van der Waals surface area (Å²) in [6.07, 6.45) is 9.33. The van der Waals surface area contributed by atoms with E-state index in [9.17, 15) is 0 Å². The van der Waals surface area contributed by atoms with Crippen LogP contribution in [-0.4, -0.2) is 17.2 Å². The van der Waals surface area contributed by atoms with E-state index < -0.39 is 0 Å². The Bertz CT molecular complexity index is 940. The number of hydrogen-bond acceptors (Lipinski definition) is 4. The van der Waals surface area contributed by atoms with Gasteiger partial charge in [0.05, 0.1) is 5.71 Å². The van der Waals surface area contributed by atoms with Crippen molar-refractivity contribution in [1.29, 1.82) is 5.41 Å². The summed E-state index contributed by atoms with van der Waals surface area (Å²) in [6.45, 7) is 3.63. The molecule has 3 rings (SSSR count). The third-order valence-corrected chi connectivity index (χ3v) is 5.27. The van der Waals surface area contributed by atoms with E-state index in [1.54, 1.807) is 6.20 Å². The number of nitrogens with zero attached hydrogens (tertiary/aromatic N) is 1. The number of nitrogens with one attached hydrogen (secondary N) is 2. The van der Waals surface area contributed by atoms with E-state index >= 15 is 0 Å². The Hall–Kier alpha value is -3.14. The summed E-state index contributed by atoms with van der Waals surface area (Å²) in [5.41, 5.74) is 3.20. The molecule has 3 aromatic rings. The molecule has 2 aromatic carbocycles. The van der Waals surface area contributed by atoms with Gasteiger partial charge in [0, 0.05) is 23.9 Å². The number of unbranched alkanes of at least 4 members (excludes halogenated alkanes) is 5. The van der Waals surface area contributed by atoms with Crippen molar-refractivity contribution in [3.05, 3.63) is 89.6 Å². The molecule has 0 aliphatic rings. The molecule has 0 aliphatic carbocycles. The van der Waals surface area contributed by atoms with Crippen LogP contribution in [0, 0.1) is 5.41 Å². The Kier molecular flexibility index (Phi) is 9.11. The first-order valence-corrected chi connectivity index (χ1v) is 11.3. The molecule has 0 unspecified atom stereocenters. The van der Waals surface area contributed by atoms with E-state index in [1.807, 2.05) is 66.7 Å². The van der Waals surface area contributed by atoms with E-state index in [0.29, 0.717) is 12.3 Å². The first-order valence-electron chi connectivity index (χ1n) is 11.3. The molecule has 162 valence electrons. The monoisotopic (exact) mass is 415 g/mol. The molecule has 2 N–H and O–H groups in total. The average molecular weight is 416 g/mol. The van der Waals surface area contributed by atoms with Gasteiger partial charge in [-0.2, -0.15) is 0 Å². The Morgan fingerprint density at radius 3 is 2.55 bits per heavy atom. The van der Waals surface area contributed by atoms with Crippen LogP contribution < -0.4 is 10.1 Å². The molecule has 1 heterocycles. The third kappa shape index (κ3) is 7.25. The normalized spacial score (nSPS) is 10.6. The van der Waals surface area contributed by atoms with Gasteiger partial charge in [-0.05, 0) is 36.2 Å². The lowest BCUT2D eigenvalue weighted by Gasteiger charge is -2.13. The molecule has 31 heavy (non-hydrogen) atoms. The van der Waals surface area contributed by atoms with Crippen LogP contribution in [0.5, 0.6) is 5.75 Å². The minimum Gasteiger partial charge on any atom is -0.489 e. The van der Waals surface area contributed by atoms with E-state index in [1.165, 1.54) is 32.1 Å². The van der Waals surface area contributed by atoms with Crippen LogP contribution in [0.3, 0.4) is 0 Å². The maximum Gasteiger partial charge on any atom is 0.135 e. The zero-order valence-electron chi connectivity index (χ0n) is 18.4. The van der Waals surface area contributed by atoms with Gasteiger partial charge in [0.25, 0.3) is 0 Å². The van der Waals surface area contributed by atoms with Crippen molar-refractivity contribution in [3.63, 3.8) is 0 Å². The van der Waals surface area contributed by atoms with Gasteiger partial charge in [-0.3, -0.25) is 5.41 Å². The Morgan fingerprint density at radius 2 is 1.71 bits per heavy atom. The number of rotatable bonds is 13. The molecule has 4 nitrogen and oxygen atoms in total. The van der Waals surface area contributed by atoms with Gasteiger partial charge in [0.15, 0.2) is 0 Å². The number of hydrogen-bond donors (Lipinski definition) is 2. The quantitative estimate of drug-likeness (QED) is 0.237. The van der Waals surface area contributed by atoms with E-state index in [-0.39, 0.29) is 0 Å². The molecule has 0 aliphatic heterocycles. The Labute approximate surface area is 186 Å². The van der Waals surface area contributed by atoms with Crippen LogP contribution in [0.25, 0.3) is 0 Å². The molecule has 0 fully saturated rings. The predicted octanol–water partition coefficient (Wildman–Crippen LogP) is 6.85. The first kappa shape index (κ1) is 22.5. The van der Waals surface area contributed by atoms with Crippen LogP contribution in [0.1, 0.15) is 62.1 Å². The van der Waals surface area contributed by atoms with Crippen molar-refractivity contribution >= 4 is 11.5 Å². The number of ether oxygens (including phenoxy) is 1. The molecule has 0 radical (unpaired) electrons. The van der Waals surface area contributed by atoms with Gasteiger partial charge in [-0.1, -0.05) is 81.5 Å². The van der Waals surface area contributed by atoms with Crippen molar-refractivity contribution < 1.29 is 4.74 Å². The lowest BCUT2D eigenvalue weighted by atomic mass is 10.0. The fraction of sp³-hybridized carbons (Fsp3) is 0.333. The molecule has 0 amide bonds. The average Bonchev–Trinajstić information content (AvgIpc) is 2.83. The van der Waals surface area contributed by atoms with Crippen molar-refractivity contribution in [2.24, 2.45) is 0 Å². The fourth-order valence-corrected chi connectivity index (χ4v) is 3.50. The highest BCUT2D eigenvalue weighted by atomic mass is 16.5. The van der Waals surface area contributed by atoms with Gasteiger partial charge in [-0.25, -0.2) is 4.98 Å². The minimum atomic E-state index is 0.448. The number of aromatic nitrogens is 1. The van der Waals surface area contributed by atoms with Crippen molar-refractivity contribution in [2.75, 3.05) is 11.9 Å². The molecule has 1 aromatic heterocycles. The molecule has 0 bridgehead atoms. The summed E-state index contributed by atoms with van der Waals surface area (Å²) in [7, 11) is 0. The molecule has 4 heteroatoms. The van der Waals surface area contributed by atoms with Gasteiger partial charge in [0.1, 0.15) is 18.2 Å². The zero-order chi connectivity index (χ0) is 21.7. The lowest BCUT2D eigenvalue weighted by molar-refractivity contribution is 0.306. The van der Waals surface area contributed by atoms with Crippen LogP contribution in [0.2, 0.25) is 0 Å². The first-order chi connectivity index (χ1) is 15.3. The molecule has 0 saturated carbocycles. The van der Waals surface area contributed by atoms with E-state index in [4.69, 9.17) is 10.1 Å². The van der Waals surface area contributed by atoms with Crippen molar-refractivity contribution in [2.45, 2.75) is 52.1 Å². The van der Waals surface area contributed by atoms with E-state index in [2.05, 4.69) is 17.2 Å². The standard InChI is InChI=1S/C27H33N3O/c1-2-3-4-5-6-10-18-29-27-25(17-12-19-30-27)26(28)23-15-11-16-24(20-23)31-21-22-13-8-7-9-14-22/h7-9,11-17,19-20,28H,2-6,10,18,21H2,1H3,(H,29,30). The summed E-state index contributed by atoms with van der Waals surface area (Å²) in [6, 6.07) is 21.7. The number of pyridine rings is 1. The van der Waals surface area contributed by atoms with Gasteiger partial charge < -0.3 is 10.1 Å². The minimum absolute atomic E-state index is 0.448. The second kappa shape index (κ2) is 12.5. The highest BCUT2D eigenvalue weighted by Gasteiger charge is 2.11. The fourth-order valence-electron chi connectivity index (χ4n) is 3.50. The second-order valence-corrected chi connectivity index (χ2v) is 7.77. The van der Waals surface area contributed by atoms with Crippen LogP contribution in [0.4, 0.5) is 5.82 Å². The zero-order valence-corrected chi connectivity index (χ0v) is 18.4. The van der Waals surface area contributed by atoms with Crippen LogP contribution in [-0.2, 0) is 6.61 Å². The largest absolute Gasteiger partial charge is 0.489 e. The maximum atomic E-state index is 8.76. The Morgan fingerprint density at radius 1 is 0.903 bits per heavy atom. The topological polar surface area (TPSA) is 58.0 Å². The van der Waals surface area contributed by atoms with Gasteiger partial charge in [-0.15, -0.1) is 0 Å². The van der Waals surface area contributed by atoms with Gasteiger partial charge in [0.2, 0.25) is 0 Å². The summed E-state index contributed by atoms with van der Waals surface area (Å²) in [5.74, 6) is 1.54. The Balaban J connectivity index is 1.59. The number of benzene rings is 2. The van der Waals surface area contributed by atoms with Gasteiger partial charge >= 0.3 is 0 Å². The highest BCUT2D eigenvalue weighted by Crippen LogP contribution is 2.21. The summed E-state index contributed by atoms with van der Waals surface area (Å²) in [4.78, 5) is 4.49. The molecular weight excluding hydrogens is 382 g/mol. The van der Waals surface area contributed by atoms with Crippen molar-refractivity contribution in [1.82, 2.24) is 4.98 Å². The summed E-state index contributed by atoms with van der Waals surface area (Å²) < 4.78 is 5.94. The van der Waals surface area contributed by atoms with E-state index in [0.717, 1.165) is 41.2 Å². The summed E-state index contributed by atoms with van der Waals surface area (Å²) >= 11 is 0. The van der Waals surface area contributed by atoms with Crippen LogP contribution >= 0.6 is 0 Å². The van der Waals surface area contributed by atoms with Crippen molar-refractivity contribution in [3.8, 4) is 5.75 Å². The number of anilines is 1. The molecular formula is C27H33N3O.